The molecule has 0 bridgehead atoms. The Hall–Kier alpha value is -3.08. The van der Waals surface area contributed by atoms with E-state index in [0.29, 0.717) is 17.0 Å². The fourth-order valence-corrected chi connectivity index (χ4v) is 3.53. The monoisotopic (exact) mass is 333 g/mol. The fraction of sp³-hybridized carbons (Fsp3) is 0.200. The third-order valence-corrected chi connectivity index (χ3v) is 4.64. The molecule has 5 nitrogen and oxygen atoms in total. The Morgan fingerprint density at radius 2 is 1.80 bits per heavy atom. The van der Waals surface area contributed by atoms with Crippen molar-refractivity contribution in [1.82, 2.24) is 10.2 Å². The van der Waals surface area contributed by atoms with Gasteiger partial charge < -0.3 is 15.1 Å². The number of nitrogens with zero attached hydrogens (tertiary/aromatic N) is 3. The second-order valence-electron chi connectivity index (χ2n) is 6.43. The molecule has 3 aromatic rings. The van der Waals surface area contributed by atoms with Crippen molar-refractivity contribution in [3.05, 3.63) is 59.2 Å². The van der Waals surface area contributed by atoms with Gasteiger partial charge in [-0.15, -0.1) is 10.2 Å². The maximum absolute atomic E-state index is 10.3. The van der Waals surface area contributed by atoms with E-state index in [-0.39, 0.29) is 5.75 Å². The first-order valence-electron chi connectivity index (χ1n) is 8.27. The number of aromatic hydroxyl groups is 2. The summed E-state index contributed by atoms with van der Waals surface area (Å²) in [5.41, 5.74) is 5.25. The van der Waals surface area contributed by atoms with E-state index in [1.54, 1.807) is 12.1 Å². The zero-order valence-electron chi connectivity index (χ0n) is 14.2. The predicted molar refractivity (Wildman–Crippen MR) is 97.4 cm³/mol. The van der Waals surface area contributed by atoms with Gasteiger partial charge in [0.25, 0.3) is 0 Å². The van der Waals surface area contributed by atoms with E-state index in [2.05, 4.69) is 10.2 Å². The van der Waals surface area contributed by atoms with E-state index in [0.717, 1.165) is 41.2 Å². The van der Waals surface area contributed by atoms with Crippen molar-refractivity contribution >= 4 is 11.5 Å². The molecule has 2 heterocycles. The van der Waals surface area contributed by atoms with Crippen LogP contribution in [0, 0.1) is 13.8 Å². The molecule has 0 spiro atoms. The van der Waals surface area contributed by atoms with Crippen LogP contribution in [0.5, 0.6) is 11.5 Å². The van der Waals surface area contributed by atoms with Crippen molar-refractivity contribution in [2.45, 2.75) is 20.3 Å². The normalized spacial score (nSPS) is 13.1. The highest BCUT2D eigenvalue weighted by molar-refractivity contribution is 5.73. The maximum Gasteiger partial charge on any atom is 0.155 e. The molecule has 1 aliphatic heterocycles. The Labute approximate surface area is 146 Å². The van der Waals surface area contributed by atoms with Gasteiger partial charge in [-0.1, -0.05) is 12.1 Å². The Bertz CT molecular complexity index is 929. The van der Waals surface area contributed by atoms with E-state index < -0.39 is 0 Å². The number of anilines is 2. The summed E-state index contributed by atoms with van der Waals surface area (Å²) < 4.78 is 0. The standard InChI is InChI=1S/C20H19N3O2/c1-12-10-13(2)20(18(25)11-12)15-6-7-19(22-21-15)23-9-8-14-16(23)4-3-5-17(14)24/h3-7,10-11,24-25H,8-9H2,1-2H3. The minimum atomic E-state index is 0.219. The van der Waals surface area contributed by atoms with Crippen LogP contribution in [-0.4, -0.2) is 27.0 Å². The lowest BCUT2D eigenvalue weighted by atomic mass is 10.0. The van der Waals surface area contributed by atoms with Crippen molar-refractivity contribution in [3.63, 3.8) is 0 Å². The zero-order chi connectivity index (χ0) is 17.6. The maximum atomic E-state index is 10.3. The Morgan fingerprint density at radius 3 is 2.52 bits per heavy atom. The van der Waals surface area contributed by atoms with Gasteiger partial charge in [-0.3, -0.25) is 0 Å². The van der Waals surface area contributed by atoms with Gasteiger partial charge in [0.05, 0.1) is 5.69 Å². The highest BCUT2D eigenvalue weighted by Crippen LogP contribution is 2.38. The van der Waals surface area contributed by atoms with E-state index in [1.807, 2.05) is 49.1 Å². The molecule has 0 radical (unpaired) electrons. The Morgan fingerprint density at radius 1 is 0.960 bits per heavy atom. The van der Waals surface area contributed by atoms with Crippen LogP contribution in [0.15, 0.2) is 42.5 Å². The molecule has 0 aliphatic carbocycles. The zero-order valence-corrected chi connectivity index (χ0v) is 14.2. The van der Waals surface area contributed by atoms with Crippen LogP contribution >= 0.6 is 0 Å². The summed E-state index contributed by atoms with van der Waals surface area (Å²) in [6.07, 6.45) is 0.781. The summed E-state index contributed by atoms with van der Waals surface area (Å²) in [5.74, 6) is 1.28. The first kappa shape index (κ1) is 15.4. The van der Waals surface area contributed by atoms with Crippen LogP contribution in [0.2, 0.25) is 0 Å². The van der Waals surface area contributed by atoms with Gasteiger partial charge in [-0.05, 0) is 61.7 Å². The minimum absolute atomic E-state index is 0.219. The molecule has 1 aliphatic rings. The first-order valence-corrected chi connectivity index (χ1v) is 8.27. The molecule has 0 saturated heterocycles. The molecule has 0 atom stereocenters. The third kappa shape index (κ3) is 2.58. The van der Waals surface area contributed by atoms with E-state index in [9.17, 15) is 10.2 Å². The summed E-state index contributed by atoms with van der Waals surface area (Å²) in [7, 11) is 0. The summed E-state index contributed by atoms with van der Waals surface area (Å²) in [6, 6.07) is 13.1. The van der Waals surface area contributed by atoms with E-state index >= 15 is 0 Å². The lowest BCUT2D eigenvalue weighted by molar-refractivity contribution is 0.470. The molecular formula is C20H19N3O2. The topological polar surface area (TPSA) is 69.5 Å². The smallest absolute Gasteiger partial charge is 0.155 e. The third-order valence-electron chi connectivity index (χ3n) is 4.64. The van der Waals surface area contributed by atoms with Gasteiger partial charge in [-0.25, -0.2) is 0 Å². The van der Waals surface area contributed by atoms with Crippen LogP contribution in [0.25, 0.3) is 11.3 Å². The van der Waals surface area contributed by atoms with Gasteiger partial charge in [0.2, 0.25) is 0 Å². The summed E-state index contributed by atoms with van der Waals surface area (Å²) >= 11 is 0. The number of hydrogen-bond acceptors (Lipinski definition) is 5. The Kier molecular flexibility index (Phi) is 3.57. The molecule has 2 N–H and O–H groups in total. The molecule has 2 aromatic carbocycles. The summed E-state index contributed by atoms with van der Waals surface area (Å²) in [5, 5.41) is 28.9. The molecule has 0 fully saturated rings. The number of fused-ring (bicyclic) bond motifs is 1. The number of phenolic OH excluding ortho intramolecular Hbond substituents is 2. The molecule has 1 aromatic heterocycles. The second-order valence-corrected chi connectivity index (χ2v) is 6.43. The van der Waals surface area contributed by atoms with Crippen LogP contribution < -0.4 is 4.90 Å². The van der Waals surface area contributed by atoms with Crippen LogP contribution in [0.1, 0.15) is 16.7 Å². The van der Waals surface area contributed by atoms with E-state index in [4.69, 9.17) is 0 Å². The van der Waals surface area contributed by atoms with Crippen molar-refractivity contribution in [1.29, 1.82) is 0 Å². The highest BCUT2D eigenvalue weighted by atomic mass is 16.3. The number of rotatable bonds is 2. The van der Waals surface area contributed by atoms with Crippen LogP contribution in [0.4, 0.5) is 11.5 Å². The summed E-state index contributed by atoms with van der Waals surface area (Å²) in [6.45, 7) is 4.67. The van der Waals surface area contributed by atoms with Gasteiger partial charge in [-0.2, -0.15) is 0 Å². The average molecular weight is 333 g/mol. The minimum Gasteiger partial charge on any atom is -0.508 e. The fourth-order valence-electron chi connectivity index (χ4n) is 3.53. The first-order chi connectivity index (χ1) is 12.0. The molecule has 0 amide bonds. The van der Waals surface area contributed by atoms with Crippen molar-refractivity contribution < 1.29 is 10.2 Å². The molecule has 4 rings (SSSR count). The highest BCUT2D eigenvalue weighted by Gasteiger charge is 2.24. The van der Waals surface area contributed by atoms with Crippen molar-refractivity contribution in [2.75, 3.05) is 11.4 Å². The molecule has 5 heteroatoms. The number of phenols is 2. The average Bonchev–Trinajstić information content (AvgIpc) is 3.00. The van der Waals surface area contributed by atoms with Crippen LogP contribution in [-0.2, 0) is 6.42 Å². The number of benzene rings is 2. The second kappa shape index (κ2) is 5.77. The number of hydrogen-bond donors (Lipinski definition) is 2. The number of aromatic nitrogens is 2. The van der Waals surface area contributed by atoms with Gasteiger partial charge >= 0.3 is 0 Å². The van der Waals surface area contributed by atoms with Crippen molar-refractivity contribution in [3.8, 4) is 22.8 Å². The van der Waals surface area contributed by atoms with E-state index in [1.165, 1.54) is 0 Å². The lowest BCUT2D eigenvalue weighted by Gasteiger charge is -2.18. The SMILES string of the molecule is Cc1cc(C)c(-c2ccc(N3CCc4c(O)cccc43)nn2)c(O)c1. The number of aryl methyl sites for hydroxylation is 2. The molecule has 0 unspecified atom stereocenters. The Balaban J connectivity index is 1.70. The molecule has 25 heavy (non-hydrogen) atoms. The molecule has 126 valence electrons. The van der Waals surface area contributed by atoms with Crippen molar-refractivity contribution in [2.24, 2.45) is 0 Å². The summed E-state index contributed by atoms with van der Waals surface area (Å²) in [4.78, 5) is 2.05. The molecular weight excluding hydrogens is 314 g/mol. The van der Waals surface area contributed by atoms with Crippen LogP contribution in [0.3, 0.4) is 0 Å². The van der Waals surface area contributed by atoms with Gasteiger partial charge in [0.1, 0.15) is 11.5 Å². The quantitative estimate of drug-likeness (QED) is 0.745. The van der Waals surface area contributed by atoms with Gasteiger partial charge in [0.15, 0.2) is 5.82 Å². The largest absolute Gasteiger partial charge is 0.508 e. The molecule has 0 saturated carbocycles. The predicted octanol–water partition coefficient (Wildman–Crippen LogP) is 3.87. The van der Waals surface area contributed by atoms with Gasteiger partial charge in [0, 0.05) is 23.4 Å². The lowest BCUT2D eigenvalue weighted by Crippen LogP contribution is -2.15.